The van der Waals surface area contributed by atoms with Crippen LogP contribution < -0.4 is 0 Å². The van der Waals surface area contributed by atoms with Gasteiger partial charge in [-0.1, -0.05) is 24.3 Å². The number of aliphatic hydroxyl groups excluding tert-OH is 2. The zero-order valence-corrected chi connectivity index (χ0v) is 10.9. The predicted octanol–water partition coefficient (Wildman–Crippen LogP) is 0.870. The highest BCUT2D eigenvalue weighted by molar-refractivity contribution is 6.09. The average molecular weight is 320 g/mol. The fourth-order valence-electron chi connectivity index (χ4n) is 1.53. The fourth-order valence-corrected chi connectivity index (χ4v) is 1.53. The molecule has 6 nitrogen and oxygen atoms in total. The molecule has 0 radical (unpaired) electrons. The summed E-state index contributed by atoms with van der Waals surface area (Å²) >= 11 is 0. The molecule has 0 aliphatic carbocycles. The molecule has 2 unspecified atom stereocenters. The number of Topliss-reactive ketones (excluding diaryl/α,β-unsaturated/α-hetero) is 2. The van der Waals surface area contributed by atoms with Crippen molar-refractivity contribution < 1.29 is 42.9 Å². The van der Waals surface area contributed by atoms with E-state index >= 15 is 0 Å². The number of alkyl halides is 3. The van der Waals surface area contributed by atoms with Crippen LogP contribution in [0, 0.1) is 0 Å². The van der Waals surface area contributed by atoms with Gasteiger partial charge in [-0.2, -0.15) is 13.2 Å². The Morgan fingerprint density at radius 1 is 1.05 bits per heavy atom. The van der Waals surface area contributed by atoms with E-state index < -0.39 is 42.3 Å². The standard InChI is InChI=1S/C13H11F3O6/c14-13(15,16)9(18)5-8(17)6-1-3-7(4-2-6)10(19)11(20)12(21)22/h1-4,10-11,19-20H,5H2,(H,21,22). The van der Waals surface area contributed by atoms with Crippen molar-refractivity contribution in [2.24, 2.45) is 0 Å². The average Bonchev–Trinajstić information content (AvgIpc) is 2.44. The summed E-state index contributed by atoms with van der Waals surface area (Å²) < 4.78 is 36.1. The molecule has 0 spiro atoms. The maximum absolute atomic E-state index is 12.0. The van der Waals surface area contributed by atoms with E-state index in [2.05, 4.69) is 0 Å². The summed E-state index contributed by atoms with van der Waals surface area (Å²) in [5.74, 6) is -4.91. The summed E-state index contributed by atoms with van der Waals surface area (Å²) in [4.78, 5) is 32.7. The van der Waals surface area contributed by atoms with Crippen LogP contribution in [0.4, 0.5) is 13.2 Å². The summed E-state index contributed by atoms with van der Waals surface area (Å²) in [5.41, 5.74) is -0.257. The largest absolute Gasteiger partial charge is 0.479 e. The van der Waals surface area contributed by atoms with Crippen LogP contribution in [0.3, 0.4) is 0 Å². The molecule has 0 saturated carbocycles. The number of carboxylic acids is 1. The topological polar surface area (TPSA) is 112 Å². The second-order valence-electron chi connectivity index (χ2n) is 4.37. The molecule has 0 saturated heterocycles. The molecule has 0 bridgehead atoms. The number of rotatable bonds is 6. The van der Waals surface area contributed by atoms with Crippen LogP contribution in [0.2, 0.25) is 0 Å². The minimum Gasteiger partial charge on any atom is -0.479 e. The molecule has 3 N–H and O–H groups in total. The molecule has 0 amide bonds. The predicted molar refractivity (Wildman–Crippen MR) is 65.1 cm³/mol. The van der Waals surface area contributed by atoms with E-state index in [0.717, 1.165) is 24.3 Å². The number of aliphatic carboxylic acids is 1. The summed E-state index contributed by atoms with van der Waals surface area (Å²) in [7, 11) is 0. The number of ketones is 2. The number of carbonyl (C=O) groups is 3. The van der Waals surface area contributed by atoms with E-state index in [-0.39, 0.29) is 11.1 Å². The summed E-state index contributed by atoms with van der Waals surface area (Å²) in [6.45, 7) is 0. The number of benzene rings is 1. The van der Waals surface area contributed by atoms with Crippen LogP contribution in [0.15, 0.2) is 24.3 Å². The second kappa shape index (κ2) is 6.67. The number of aliphatic hydroxyl groups is 2. The molecule has 1 rings (SSSR count). The lowest BCUT2D eigenvalue weighted by molar-refractivity contribution is -0.170. The van der Waals surface area contributed by atoms with E-state index in [1.54, 1.807) is 0 Å². The molecule has 1 aromatic carbocycles. The van der Waals surface area contributed by atoms with Gasteiger partial charge in [-0.15, -0.1) is 0 Å². The monoisotopic (exact) mass is 320 g/mol. The molecule has 9 heteroatoms. The molecule has 1 aromatic rings. The first kappa shape index (κ1) is 17.8. The van der Waals surface area contributed by atoms with Crippen molar-refractivity contribution in [1.29, 1.82) is 0 Å². The van der Waals surface area contributed by atoms with Crippen molar-refractivity contribution in [3.8, 4) is 0 Å². The van der Waals surface area contributed by atoms with Crippen molar-refractivity contribution in [2.45, 2.75) is 24.8 Å². The maximum Gasteiger partial charge on any atom is 0.450 e. The first-order chi connectivity index (χ1) is 10.0. The SMILES string of the molecule is O=C(CC(=O)C(F)(F)F)c1ccc(C(O)C(O)C(=O)O)cc1. The molecule has 0 fully saturated rings. The molecule has 120 valence electrons. The maximum atomic E-state index is 12.0. The van der Waals surface area contributed by atoms with Gasteiger partial charge < -0.3 is 15.3 Å². The number of halogens is 3. The third-order valence-corrected chi connectivity index (χ3v) is 2.76. The lowest BCUT2D eigenvalue weighted by Gasteiger charge is -2.14. The third kappa shape index (κ3) is 4.37. The molecule has 0 aliphatic rings. The van der Waals surface area contributed by atoms with Gasteiger partial charge in [0, 0.05) is 5.56 Å². The van der Waals surface area contributed by atoms with E-state index in [0.29, 0.717) is 0 Å². The van der Waals surface area contributed by atoms with Crippen molar-refractivity contribution in [2.75, 3.05) is 0 Å². The van der Waals surface area contributed by atoms with Crippen LogP contribution in [-0.2, 0) is 9.59 Å². The van der Waals surface area contributed by atoms with Gasteiger partial charge in [0.05, 0.1) is 6.42 Å². The number of hydrogen-bond donors (Lipinski definition) is 3. The van der Waals surface area contributed by atoms with Gasteiger partial charge in [-0.25, -0.2) is 4.79 Å². The minimum atomic E-state index is -5.10. The van der Waals surface area contributed by atoms with Gasteiger partial charge in [0.15, 0.2) is 11.9 Å². The smallest absolute Gasteiger partial charge is 0.450 e. The Morgan fingerprint density at radius 3 is 1.95 bits per heavy atom. The first-order valence-corrected chi connectivity index (χ1v) is 5.86. The molecular weight excluding hydrogens is 309 g/mol. The van der Waals surface area contributed by atoms with Crippen molar-refractivity contribution in [3.05, 3.63) is 35.4 Å². The van der Waals surface area contributed by atoms with Crippen LogP contribution in [0.25, 0.3) is 0 Å². The molecule has 2 atom stereocenters. The van der Waals surface area contributed by atoms with Crippen LogP contribution in [0.1, 0.15) is 28.4 Å². The van der Waals surface area contributed by atoms with Crippen LogP contribution in [0.5, 0.6) is 0 Å². The molecular formula is C13H11F3O6. The molecule has 0 aliphatic heterocycles. The van der Waals surface area contributed by atoms with Gasteiger partial charge in [0.2, 0.25) is 5.78 Å². The third-order valence-electron chi connectivity index (χ3n) is 2.76. The molecule has 0 aromatic heterocycles. The summed E-state index contributed by atoms with van der Waals surface area (Å²) in [5, 5.41) is 27.2. The Balaban J connectivity index is 2.83. The first-order valence-electron chi connectivity index (χ1n) is 5.86. The summed E-state index contributed by atoms with van der Waals surface area (Å²) in [6.07, 6.45) is -10.3. The van der Waals surface area contributed by atoms with Gasteiger partial charge >= 0.3 is 12.1 Å². The zero-order chi connectivity index (χ0) is 17.1. The van der Waals surface area contributed by atoms with E-state index in [1.807, 2.05) is 0 Å². The number of hydrogen-bond acceptors (Lipinski definition) is 5. The second-order valence-corrected chi connectivity index (χ2v) is 4.37. The van der Waals surface area contributed by atoms with Gasteiger partial charge in [0.25, 0.3) is 0 Å². The zero-order valence-electron chi connectivity index (χ0n) is 10.9. The Bertz CT molecular complexity index is 578. The normalized spacial score (nSPS) is 14.2. The summed E-state index contributed by atoms with van der Waals surface area (Å²) in [6, 6.07) is 4.20. The Labute approximate surface area is 121 Å². The van der Waals surface area contributed by atoms with Crippen molar-refractivity contribution in [1.82, 2.24) is 0 Å². The Morgan fingerprint density at radius 2 is 1.55 bits per heavy atom. The van der Waals surface area contributed by atoms with Gasteiger partial charge in [-0.3, -0.25) is 9.59 Å². The highest BCUT2D eigenvalue weighted by atomic mass is 19.4. The quantitative estimate of drug-likeness (QED) is 0.530. The van der Waals surface area contributed by atoms with Crippen LogP contribution in [-0.4, -0.2) is 45.1 Å². The van der Waals surface area contributed by atoms with Gasteiger partial charge in [-0.05, 0) is 5.56 Å². The number of carboxylic acid groups (broad SMARTS) is 1. The van der Waals surface area contributed by atoms with Crippen molar-refractivity contribution >= 4 is 17.5 Å². The molecule has 0 heterocycles. The Hall–Kier alpha value is -2.26. The fraction of sp³-hybridized carbons (Fsp3) is 0.308. The molecule has 22 heavy (non-hydrogen) atoms. The van der Waals surface area contributed by atoms with Crippen molar-refractivity contribution in [3.63, 3.8) is 0 Å². The number of carbonyl (C=O) groups excluding carboxylic acids is 2. The van der Waals surface area contributed by atoms with E-state index in [9.17, 15) is 32.7 Å². The lowest BCUT2D eigenvalue weighted by Crippen LogP contribution is -2.27. The highest BCUT2D eigenvalue weighted by Gasteiger charge is 2.39. The van der Waals surface area contributed by atoms with Gasteiger partial charge in [0.1, 0.15) is 6.10 Å². The Kier molecular flexibility index (Phi) is 5.39. The minimum absolute atomic E-state index is 0.0476. The lowest BCUT2D eigenvalue weighted by atomic mass is 10.00. The van der Waals surface area contributed by atoms with E-state index in [4.69, 9.17) is 10.2 Å². The highest BCUT2D eigenvalue weighted by Crippen LogP contribution is 2.21. The van der Waals surface area contributed by atoms with Crippen LogP contribution >= 0.6 is 0 Å². The van der Waals surface area contributed by atoms with E-state index in [1.165, 1.54) is 0 Å².